The van der Waals surface area contributed by atoms with E-state index in [-0.39, 0.29) is 10.3 Å². The lowest BCUT2D eigenvalue weighted by Gasteiger charge is -2.09. The van der Waals surface area contributed by atoms with Crippen molar-refractivity contribution in [1.29, 1.82) is 0 Å². The van der Waals surface area contributed by atoms with Crippen LogP contribution in [0.25, 0.3) is 0 Å². The molecule has 0 aliphatic rings. The number of nitrogens with two attached hydrogens (primary N) is 2. The summed E-state index contributed by atoms with van der Waals surface area (Å²) in [5.74, 6) is -0.700. The summed E-state index contributed by atoms with van der Waals surface area (Å²) in [6, 6.07) is -0.603. The molecule has 82 valence electrons. The van der Waals surface area contributed by atoms with E-state index in [4.69, 9.17) is 11.5 Å². The Labute approximate surface area is 97.1 Å². The van der Waals surface area contributed by atoms with Crippen LogP contribution in [0.5, 0.6) is 0 Å². The lowest BCUT2D eigenvalue weighted by molar-refractivity contribution is -0.129. The molecule has 0 aromatic heterocycles. The maximum absolute atomic E-state index is 11.2. The summed E-state index contributed by atoms with van der Waals surface area (Å²) < 4.78 is 0.263. The van der Waals surface area contributed by atoms with Crippen LogP contribution < -0.4 is 16.8 Å². The second-order valence-electron chi connectivity index (χ2n) is 2.94. The highest BCUT2D eigenvalue weighted by Crippen LogP contribution is 1.97. The van der Waals surface area contributed by atoms with Gasteiger partial charge in [-0.2, -0.15) is 0 Å². The topological polar surface area (TPSA) is 98.2 Å². The Morgan fingerprint density at radius 3 is 2.50 bits per heavy atom. The Morgan fingerprint density at radius 2 is 2.00 bits per heavy atom. The van der Waals surface area contributed by atoms with Gasteiger partial charge >= 0.3 is 0 Å². The molecule has 14 heavy (non-hydrogen) atoms. The minimum Gasteiger partial charge on any atom is -0.330 e. The number of imide groups is 1. The second-order valence-corrected chi connectivity index (χ2v) is 3.70. The average molecular weight is 313 g/mol. The summed E-state index contributed by atoms with van der Waals surface area (Å²) >= 11 is 1.88. The molecular weight excluding hydrogens is 297 g/mol. The van der Waals surface area contributed by atoms with Gasteiger partial charge in [0.15, 0.2) is 0 Å². The SMILES string of the molecule is NCCCC[C@H](N)C(=O)NC(=O)CI. The highest BCUT2D eigenvalue weighted by molar-refractivity contribution is 14.1. The van der Waals surface area contributed by atoms with Crippen LogP contribution in [0, 0.1) is 0 Å². The summed E-state index contributed by atoms with van der Waals surface area (Å²) in [7, 11) is 0. The van der Waals surface area contributed by atoms with Crippen LogP contribution in [0.4, 0.5) is 0 Å². The number of nitrogens with one attached hydrogen (secondary N) is 1. The van der Waals surface area contributed by atoms with Gasteiger partial charge in [-0.05, 0) is 19.4 Å². The van der Waals surface area contributed by atoms with Gasteiger partial charge in [-0.1, -0.05) is 29.0 Å². The van der Waals surface area contributed by atoms with Gasteiger partial charge < -0.3 is 11.5 Å². The Morgan fingerprint density at radius 1 is 1.36 bits per heavy atom. The molecule has 0 aliphatic carbocycles. The van der Waals surface area contributed by atoms with Crippen LogP contribution in [-0.2, 0) is 9.59 Å². The molecule has 0 spiro atoms. The van der Waals surface area contributed by atoms with Gasteiger partial charge in [0.1, 0.15) is 0 Å². The standard InChI is InChI=1S/C8H16IN3O2/c9-5-7(13)12-8(14)6(11)3-1-2-4-10/h6H,1-5,10-11H2,(H,12,13,14)/t6-/m0/s1. The molecule has 0 aromatic carbocycles. The monoisotopic (exact) mass is 313 g/mol. The zero-order valence-corrected chi connectivity index (χ0v) is 10.1. The first-order valence-electron chi connectivity index (χ1n) is 4.47. The lowest BCUT2D eigenvalue weighted by atomic mass is 10.1. The number of carbonyl (C=O) groups excluding carboxylic acids is 2. The third-order valence-corrected chi connectivity index (χ3v) is 2.38. The zero-order chi connectivity index (χ0) is 11.0. The van der Waals surface area contributed by atoms with E-state index in [0.29, 0.717) is 13.0 Å². The quantitative estimate of drug-likeness (QED) is 0.350. The van der Waals surface area contributed by atoms with Crippen molar-refractivity contribution in [3.63, 3.8) is 0 Å². The first-order chi connectivity index (χ1) is 6.61. The fraction of sp³-hybridized carbons (Fsp3) is 0.750. The van der Waals surface area contributed by atoms with Crippen molar-refractivity contribution in [2.75, 3.05) is 11.0 Å². The average Bonchev–Trinajstić information content (AvgIpc) is 2.17. The Kier molecular flexibility index (Phi) is 8.01. The molecule has 0 saturated heterocycles. The smallest absolute Gasteiger partial charge is 0.243 e. The van der Waals surface area contributed by atoms with Crippen molar-refractivity contribution in [3.8, 4) is 0 Å². The molecule has 0 fully saturated rings. The molecule has 0 radical (unpaired) electrons. The normalized spacial score (nSPS) is 12.2. The third kappa shape index (κ3) is 6.28. The molecule has 6 heteroatoms. The predicted octanol–water partition coefficient (Wildman–Crippen LogP) is -0.479. The number of hydrogen-bond acceptors (Lipinski definition) is 4. The molecule has 0 bridgehead atoms. The first-order valence-corrected chi connectivity index (χ1v) is 5.99. The molecule has 0 aliphatic heterocycles. The van der Waals surface area contributed by atoms with Gasteiger partial charge in [-0.15, -0.1) is 0 Å². The fourth-order valence-corrected chi connectivity index (χ4v) is 1.09. The third-order valence-electron chi connectivity index (χ3n) is 1.69. The van der Waals surface area contributed by atoms with Crippen LogP contribution in [0.2, 0.25) is 0 Å². The van der Waals surface area contributed by atoms with Crippen molar-refractivity contribution in [3.05, 3.63) is 0 Å². The van der Waals surface area contributed by atoms with Gasteiger partial charge in [0, 0.05) is 0 Å². The minimum atomic E-state index is -0.603. The highest BCUT2D eigenvalue weighted by Gasteiger charge is 2.14. The van der Waals surface area contributed by atoms with E-state index < -0.39 is 11.9 Å². The van der Waals surface area contributed by atoms with Crippen molar-refractivity contribution in [2.24, 2.45) is 11.5 Å². The number of amides is 2. The molecule has 0 rings (SSSR count). The first kappa shape index (κ1) is 13.8. The van der Waals surface area contributed by atoms with Crippen LogP contribution >= 0.6 is 22.6 Å². The second kappa shape index (κ2) is 8.13. The highest BCUT2D eigenvalue weighted by atomic mass is 127. The van der Waals surface area contributed by atoms with E-state index in [0.717, 1.165) is 12.8 Å². The summed E-state index contributed by atoms with van der Waals surface area (Å²) in [6.07, 6.45) is 2.22. The number of unbranched alkanes of at least 4 members (excludes halogenated alkanes) is 1. The summed E-state index contributed by atoms with van der Waals surface area (Å²) in [4.78, 5) is 22.1. The molecule has 5 nitrogen and oxygen atoms in total. The molecule has 0 heterocycles. The summed E-state index contributed by atoms with van der Waals surface area (Å²) in [5, 5.41) is 2.21. The molecule has 0 unspecified atom stereocenters. The number of hydrogen-bond donors (Lipinski definition) is 3. The number of alkyl halides is 1. The molecule has 0 saturated carbocycles. The summed E-state index contributed by atoms with van der Waals surface area (Å²) in [6.45, 7) is 0.598. The predicted molar refractivity (Wildman–Crippen MR) is 62.9 cm³/mol. The number of carbonyl (C=O) groups is 2. The van der Waals surface area contributed by atoms with Crippen LogP contribution in [-0.4, -0.2) is 28.8 Å². The largest absolute Gasteiger partial charge is 0.330 e. The van der Waals surface area contributed by atoms with E-state index in [1.165, 1.54) is 0 Å². The molecule has 2 amide bonds. The van der Waals surface area contributed by atoms with Crippen molar-refractivity contribution in [1.82, 2.24) is 5.32 Å². The van der Waals surface area contributed by atoms with Crippen molar-refractivity contribution in [2.45, 2.75) is 25.3 Å². The van der Waals surface area contributed by atoms with Gasteiger partial charge in [-0.3, -0.25) is 14.9 Å². The van der Waals surface area contributed by atoms with Gasteiger partial charge in [0.2, 0.25) is 11.8 Å². The Hall–Kier alpha value is -0.210. The van der Waals surface area contributed by atoms with E-state index in [1.807, 2.05) is 22.6 Å². The minimum absolute atomic E-state index is 0.263. The van der Waals surface area contributed by atoms with Gasteiger partial charge in [0.05, 0.1) is 10.5 Å². The van der Waals surface area contributed by atoms with Crippen molar-refractivity contribution < 1.29 is 9.59 Å². The van der Waals surface area contributed by atoms with Crippen LogP contribution in [0.3, 0.4) is 0 Å². The number of halogens is 1. The molecule has 1 atom stereocenters. The lowest BCUT2D eigenvalue weighted by Crippen LogP contribution is -2.43. The van der Waals surface area contributed by atoms with E-state index in [1.54, 1.807) is 0 Å². The Bertz CT molecular complexity index is 199. The number of rotatable bonds is 6. The van der Waals surface area contributed by atoms with Gasteiger partial charge in [0.25, 0.3) is 0 Å². The van der Waals surface area contributed by atoms with Crippen LogP contribution in [0.15, 0.2) is 0 Å². The van der Waals surface area contributed by atoms with E-state index >= 15 is 0 Å². The zero-order valence-electron chi connectivity index (χ0n) is 7.96. The maximum atomic E-state index is 11.2. The van der Waals surface area contributed by atoms with Crippen LogP contribution in [0.1, 0.15) is 19.3 Å². The van der Waals surface area contributed by atoms with E-state index in [9.17, 15) is 9.59 Å². The van der Waals surface area contributed by atoms with Gasteiger partial charge in [-0.25, -0.2) is 0 Å². The van der Waals surface area contributed by atoms with E-state index in [2.05, 4.69) is 5.32 Å². The molecule has 5 N–H and O–H groups in total. The molecule has 0 aromatic rings. The summed E-state index contributed by atoms with van der Waals surface area (Å²) in [5.41, 5.74) is 10.9. The maximum Gasteiger partial charge on any atom is 0.243 e. The molecular formula is C8H16IN3O2. The van der Waals surface area contributed by atoms with Crippen molar-refractivity contribution >= 4 is 34.4 Å². The fourth-order valence-electron chi connectivity index (χ4n) is 0.903. The Balaban J connectivity index is 3.70.